The first-order valence-corrected chi connectivity index (χ1v) is 9.96. The molecule has 4 rings (SSSR count). The molecule has 6 nitrogen and oxygen atoms in total. The van der Waals surface area contributed by atoms with Crippen LogP contribution in [0.25, 0.3) is 0 Å². The topological polar surface area (TPSA) is 65.1 Å². The van der Waals surface area contributed by atoms with Crippen molar-refractivity contribution in [3.05, 3.63) is 59.2 Å². The molecular formula is C23H25NO5. The first-order chi connectivity index (χ1) is 14.2. The highest BCUT2D eigenvalue weighted by Crippen LogP contribution is 2.32. The number of rotatable bonds is 5. The van der Waals surface area contributed by atoms with E-state index in [1.807, 2.05) is 29.2 Å². The summed E-state index contributed by atoms with van der Waals surface area (Å²) in [6.07, 6.45) is 1.33. The number of carbonyl (C=O) groups excluding carboxylic acids is 2. The van der Waals surface area contributed by atoms with Crippen molar-refractivity contribution in [2.24, 2.45) is 5.92 Å². The number of methoxy groups -OCH3 is 1. The zero-order valence-corrected chi connectivity index (χ0v) is 16.6. The quantitative estimate of drug-likeness (QED) is 0.727. The Morgan fingerprint density at radius 3 is 2.31 bits per heavy atom. The summed E-state index contributed by atoms with van der Waals surface area (Å²) in [5, 5.41) is 0. The highest BCUT2D eigenvalue weighted by molar-refractivity contribution is 5.99. The standard InChI is InChI=1S/C23H25NO5/c1-27-15-16-2-4-18(5-3-16)23(26)24-10-8-17(9-11-24)22(25)19-6-7-20-21(14-19)29-13-12-28-20/h2-7,14,17H,8-13,15H2,1H3. The Bertz CT molecular complexity index is 885. The molecule has 152 valence electrons. The molecule has 0 saturated carbocycles. The summed E-state index contributed by atoms with van der Waals surface area (Å²) < 4.78 is 16.2. The van der Waals surface area contributed by atoms with Crippen LogP contribution in [-0.2, 0) is 11.3 Å². The summed E-state index contributed by atoms with van der Waals surface area (Å²) in [7, 11) is 1.65. The van der Waals surface area contributed by atoms with Crippen LogP contribution < -0.4 is 9.47 Å². The molecule has 29 heavy (non-hydrogen) atoms. The predicted molar refractivity (Wildman–Crippen MR) is 108 cm³/mol. The zero-order valence-electron chi connectivity index (χ0n) is 16.6. The van der Waals surface area contributed by atoms with Gasteiger partial charge < -0.3 is 19.1 Å². The number of hydrogen-bond acceptors (Lipinski definition) is 5. The van der Waals surface area contributed by atoms with E-state index < -0.39 is 0 Å². The number of piperidine rings is 1. The van der Waals surface area contributed by atoms with Crippen molar-refractivity contribution in [1.29, 1.82) is 0 Å². The molecule has 0 N–H and O–H groups in total. The third kappa shape index (κ3) is 4.27. The van der Waals surface area contributed by atoms with E-state index in [0.29, 0.717) is 68.4 Å². The molecule has 2 heterocycles. The minimum atomic E-state index is -0.0781. The number of ketones is 1. The minimum Gasteiger partial charge on any atom is -0.486 e. The van der Waals surface area contributed by atoms with E-state index >= 15 is 0 Å². The number of Topliss-reactive ketones (excluding diaryl/α,β-unsaturated/α-hetero) is 1. The van der Waals surface area contributed by atoms with Gasteiger partial charge in [-0.05, 0) is 48.7 Å². The molecule has 0 bridgehead atoms. The van der Waals surface area contributed by atoms with Gasteiger partial charge in [0.2, 0.25) is 0 Å². The largest absolute Gasteiger partial charge is 0.486 e. The second-order valence-corrected chi connectivity index (χ2v) is 7.42. The maximum atomic E-state index is 12.9. The summed E-state index contributed by atoms with van der Waals surface area (Å²) in [5.74, 6) is 1.36. The molecular weight excluding hydrogens is 370 g/mol. The lowest BCUT2D eigenvalue weighted by molar-refractivity contribution is 0.0650. The first kappa shape index (κ1) is 19.5. The third-order valence-electron chi connectivity index (χ3n) is 5.49. The van der Waals surface area contributed by atoms with Crippen LogP contribution in [0.2, 0.25) is 0 Å². The molecule has 0 aliphatic carbocycles. The summed E-state index contributed by atoms with van der Waals surface area (Å²) in [6.45, 7) is 2.72. The van der Waals surface area contributed by atoms with Gasteiger partial charge in [0, 0.05) is 37.2 Å². The average Bonchev–Trinajstić information content (AvgIpc) is 2.78. The van der Waals surface area contributed by atoms with E-state index in [9.17, 15) is 9.59 Å². The van der Waals surface area contributed by atoms with Crippen LogP contribution in [0.1, 0.15) is 39.1 Å². The number of hydrogen-bond donors (Lipinski definition) is 0. The van der Waals surface area contributed by atoms with Gasteiger partial charge in [-0.2, -0.15) is 0 Å². The molecule has 0 aromatic heterocycles. The summed E-state index contributed by atoms with van der Waals surface area (Å²) in [5.41, 5.74) is 2.35. The molecule has 2 aromatic rings. The van der Waals surface area contributed by atoms with Crippen LogP contribution >= 0.6 is 0 Å². The second kappa shape index (κ2) is 8.66. The lowest BCUT2D eigenvalue weighted by atomic mass is 9.88. The summed E-state index contributed by atoms with van der Waals surface area (Å²) in [4.78, 5) is 27.5. The van der Waals surface area contributed by atoms with Gasteiger partial charge in [-0.1, -0.05) is 12.1 Å². The van der Waals surface area contributed by atoms with E-state index in [-0.39, 0.29) is 17.6 Å². The van der Waals surface area contributed by atoms with Gasteiger partial charge >= 0.3 is 0 Å². The third-order valence-corrected chi connectivity index (χ3v) is 5.49. The van der Waals surface area contributed by atoms with Crippen LogP contribution in [0.4, 0.5) is 0 Å². The van der Waals surface area contributed by atoms with E-state index in [1.165, 1.54) is 0 Å². The molecule has 0 radical (unpaired) electrons. The van der Waals surface area contributed by atoms with Gasteiger partial charge in [0.25, 0.3) is 5.91 Å². The Morgan fingerprint density at radius 1 is 0.966 bits per heavy atom. The monoisotopic (exact) mass is 395 g/mol. The second-order valence-electron chi connectivity index (χ2n) is 7.42. The number of benzene rings is 2. The van der Waals surface area contributed by atoms with Crippen LogP contribution in [0.5, 0.6) is 11.5 Å². The van der Waals surface area contributed by atoms with E-state index in [2.05, 4.69) is 0 Å². The molecule has 0 atom stereocenters. The van der Waals surface area contributed by atoms with E-state index in [0.717, 1.165) is 5.56 Å². The maximum Gasteiger partial charge on any atom is 0.253 e. The minimum absolute atomic E-state index is 0.0131. The maximum absolute atomic E-state index is 12.9. The molecule has 1 saturated heterocycles. The van der Waals surface area contributed by atoms with E-state index in [1.54, 1.807) is 25.3 Å². The Hall–Kier alpha value is -2.86. The molecule has 6 heteroatoms. The van der Waals surface area contributed by atoms with E-state index in [4.69, 9.17) is 14.2 Å². The van der Waals surface area contributed by atoms with Crippen molar-refractivity contribution in [1.82, 2.24) is 4.90 Å². The van der Waals surface area contributed by atoms with Gasteiger partial charge in [-0.3, -0.25) is 9.59 Å². The van der Waals surface area contributed by atoms with Crippen LogP contribution in [0.3, 0.4) is 0 Å². The Balaban J connectivity index is 1.36. The number of fused-ring (bicyclic) bond motifs is 1. The highest BCUT2D eigenvalue weighted by Gasteiger charge is 2.29. The lowest BCUT2D eigenvalue weighted by Gasteiger charge is -2.31. The van der Waals surface area contributed by atoms with Crippen molar-refractivity contribution < 1.29 is 23.8 Å². The molecule has 2 aliphatic heterocycles. The van der Waals surface area contributed by atoms with Gasteiger partial charge in [0.1, 0.15) is 13.2 Å². The number of carbonyl (C=O) groups is 2. The van der Waals surface area contributed by atoms with Gasteiger partial charge in [0.05, 0.1) is 6.61 Å². The van der Waals surface area contributed by atoms with Crippen LogP contribution in [-0.4, -0.2) is 50.0 Å². The predicted octanol–water partition coefficient (Wildman–Crippen LogP) is 3.34. The van der Waals surface area contributed by atoms with Gasteiger partial charge in [-0.25, -0.2) is 0 Å². The molecule has 1 fully saturated rings. The fourth-order valence-electron chi connectivity index (χ4n) is 3.87. The highest BCUT2D eigenvalue weighted by atomic mass is 16.6. The van der Waals surface area contributed by atoms with Crippen molar-refractivity contribution in [3.63, 3.8) is 0 Å². The number of amides is 1. The SMILES string of the molecule is COCc1ccc(C(=O)N2CCC(C(=O)c3ccc4c(c3)OCCO4)CC2)cc1. The molecule has 2 aliphatic rings. The zero-order chi connectivity index (χ0) is 20.2. The first-order valence-electron chi connectivity index (χ1n) is 9.96. The van der Waals surface area contributed by atoms with Crippen molar-refractivity contribution >= 4 is 11.7 Å². The fraction of sp³-hybridized carbons (Fsp3) is 0.391. The fourth-order valence-corrected chi connectivity index (χ4v) is 3.87. The van der Waals surface area contributed by atoms with Crippen molar-refractivity contribution in [2.75, 3.05) is 33.4 Å². The molecule has 0 spiro atoms. The normalized spacial score (nSPS) is 16.5. The molecule has 0 unspecified atom stereocenters. The Morgan fingerprint density at radius 2 is 1.62 bits per heavy atom. The van der Waals surface area contributed by atoms with Crippen molar-refractivity contribution in [3.8, 4) is 11.5 Å². The number of ether oxygens (including phenoxy) is 3. The lowest BCUT2D eigenvalue weighted by Crippen LogP contribution is -2.40. The molecule has 1 amide bonds. The van der Waals surface area contributed by atoms with Gasteiger partial charge in [-0.15, -0.1) is 0 Å². The summed E-state index contributed by atoms with van der Waals surface area (Å²) in [6, 6.07) is 12.9. The van der Waals surface area contributed by atoms with Gasteiger partial charge in [0.15, 0.2) is 17.3 Å². The Kier molecular flexibility index (Phi) is 5.81. The summed E-state index contributed by atoms with van der Waals surface area (Å²) >= 11 is 0. The number of likely N-dealkylation sites (tertiary alicyclic amines) is 1. The van der Waals surface area contributed by atoms with Crippen LogP contribution in [0.15, 0.2) is 42.5 Å². The smallest absolute Gasteiger partial charge is 0.253 e. The average molecular weight is 395 g/mol. The van der Waals surface area contributed by atoms with Crippen LogP contribution in [0, 0.1) is 5.92 Å². The Labute approximate surface area is 170 Å². The molecule has 2 aromatic carbocycles. The number of nitrogens with zero attached hydrogens (tertiary/aromatic N) is 1. The van der Waals surface area contributed by atoms with Crippen molar-refractivity contribution in [2.45, 2.75) is 19.4 Å².